The van der Waals surface area contributed by atoms with Crippen molar-refractivity contribution in [3.8, 4) is 0 Å². The molecule has 1 amide bonds. The number of thioether (sulfide) groups is 1. The minimum Gasteiger partial charge on any atom is -0.288 e. The molecule has 0 radical (unpaired) electrons. The largest absolute Gasteiger partial charge is 0.288 e. The van der Waals surface area contributed by atoms with Gasteiger partial charge < -0.3 is 0 Å². The predicted octanol–water partition coefficient (Wildman–Crippen LogP) is 4.64. The zero-order chi connectivity index (χ0) is 16.1. The van der Waals surface area contributed by atoms with Gasteiger partial charge in [0.1, 0.15) is 4.32 Å². The number of carbonyl (C=O) groups excluding carboxylic acids is 1. The van der Waals surface area contributed by atoms with E-state index in [0.717, 1.165) is 11.1 Å². The molecule has 0 aliphatic carbocycles. The average Bonchev–Trinajstić information content (AvgIpc) is 2.85. The number of benzene rings is 2. The molecule has 0 N–H and O–H groups in total. The second-order valence-corrected chi connectivity index (χ2v) is 6.72. The number of hydrogen-bond donors (Lipinski definition) is 0. The standard InChI is InChI=1S/C19H15NOS2/c21-18-17(13-7-12-15-8-3-1-4-9-15)23-19(22)20(18)14-16-10-5-2-6-11-16/h1-13H,14H2/b12-7-,17-13-. The van der Waals surface area contributed by atoms with Crippen LogP contribution in [0.3, 0.4) is 0 Å². The highest BCUT2D eigenvalue weighted by atomic mass is 32.2. The average molecular weight is 337 g/mol. The SMILES string of the molecule is O=C1/C(=C/C=C\c2ccccc2)SC(=S)N1Cc1ccccc1. The fourth-order valence-electron chi connectivity index (χ4n) is 2.23. The fraction of sp³-hybridized carbons (Fsp3) is 0.0526. The number of hydrogen-bond acceptors (Lipinski definition) is 3. The zero-order valence-electron chi connectivity index (χ0n) is 12.4. The third-order valence-electron chi connectivity index (χ3n) is 3.39. The van der Waals surface area contributed by atoms with E-state index < -0.39 is 0 Å². The summed E-state index contributed by atoms with van der Waals surface area (Å²) in [7, 11) is 0. The second-order valence-electron chi connectivity index (χ2n) is 5.05. The lowest BCUT2D eigenvalue weighted by Crippen LogP contribution is -2.27. The Bertz CT molecular complexity index is 766. The van der Waals surface area contributed by atoms with Gasteiger partial charge in [-0.25, -0.2) is 0 Å². The van der Waals surface area contributed by atoms with Crippen molar-refractivity contribution in [1.29, 1.82) is 0 Å². The number of allylic oxidation sites excluding steroid dienone is 2. The van der Waals surface area contributed by atoms with Gasteiger partial charge in [-0.3, -0.25) is 9.69 Å². The molecule has 114 valence electrons. The van der Waals surface area contributed by atoms with Gasteiger partial charge in [-0.2, -0.15) is 0 Å². The molecule has 1 fully saturated rings. The van der Waals surface area contributed by atoms with Gasteiger partial charge in [-0.1, -0.05) is 96.8 Å². The van der Waals surface area contributed by atoms with E-state index in [-0.39, 0.29) is 5.91 Å². The van der Waals surface area contributed by atoms with Gasteiger partial charge in [0.25, 0.3) is 5.91 Å². The van der Waals surface area contributed by atoms with Gasteiger partial charge in [0, 0.05) is 0 Å². The summed E-state index contributed by atoms with van der Waals surface area (Å²) in [5, 5.41) is 0. The number of rotatable bonds is 4. The van der Waals surface area contributed by atoms with E-state index in [0.29, 0.717) is 15.8 Å². The van der Waals surface area contributed by atoms with Crippen LogP contribution in [0.2, 0.25) is 0 Å². The number of carbonyl (C=O) groups is 1. The third kappa shape index (κ3) is 3.97. The number of amides is 1. The monoisotopic (exact) mass is 337 g/mol. The van der Waals surface area contributed by atoms with Crippen molar-refractivity contribution in [2.45, 2.75) is 6.54 Å². The first kappa shape index (κ1) is 15.7. The van der Waals surface area contributed by atoms with E-state index in [1.807, 2.05) is 78.9 Å². The zero-order valence-corrected chi connectivity index (χ0v) is 14.0. The van der Waals surface area contributed by atoms with E-state index in [1.165, 1.54) is 11.8 Å². The maximum Gasteiger partial charge on any atom is 0.266 e. The first-order valence-electron chi connectivity index (χ1n) is 7.25. The first-order chi connectivity index (χ1) is 11.2. The third-order valence-corrected chi connectivity index (χ3v) is 4.79. The molecule has 2 nitrogen and oxygen atoms in total. The smallest absolute Gasteiger partial charge is 0.266 e. The van der Waals surface area contributed by atoms with Crippen LogP contribution in [0.5, 0.6) is 0 Å². The van der Waals surface area contributed by atoms with Gasteiger partial charge in [0.15, 0.2) is 0 Å². The van der Waals surface area contributed by atoms with E-state index in [4.69, 9.17) is 12.2 Å². The molecule has 1 aliphatic heterocycles. The summed E-state index contributed by atoms with van der Waals surface area (Å²) in [6, 6.07) is 19.9. The van der Waals surface area contributed by atoms with E-state index >= 15 is 0 Å². The fourth-order valence-corrected chi connectivity index (χ4v) is 3.43. The van der Waals surface area contributed by atoms with E-state index in [2.05, 4.69) is 0 Å². The first-order valence-corrected chi connectivity index (χ1v) is 8.47. The molecule has 0 saturated carbocycles. The van der Waals surface area contributed by atoms with Crippen LogP contribution < -0.4 is 0 Å². The van der Waals surface area contributed by atoms with Crippen LogP contribution in [0.15, 0.2) is 77.7 Å². The van der Waals surface area contributed by atoms with Crippen molar-refractivity contribution in [2.24, 2.45) is 0 Å². The Morgan fingerprint density at radius 2 is 1.65 bits per heavy atom. The van der Waals surface area contributed by atoms with E-state index in [1.54, 1.807) is 4.90 Å². The molecule has 1 aliphatic rings. The number of thiocarbonyl (C=S) groups is 1. The Morgan fingerprint density at radius 1 is 1.00 bits per heavy atom. The molecule has 1 saturated heterocycles. The maximum absolute atomic E-state index is 12.5. The van der Waals surface area contributed by atoms with Crippen molar-refractivity contribution in [3.63, 3.8) is 0 Å². The summed E-state index contributed by atoms with van der Waals surface area (Å²) in [5.74, 6) is -0.0263. The van der Waals surface area contributed by atoms with Crippen LogP contribution in [-0.4, -0.2) is 15.1 Å². The lowest BCUT2D eigenvalue weighted by molar-refractivity contribution is -0.122. The molecule has 3 rings (SSSR count). The van der Waals surface area contributed by atoms with Gasteiger partial charge in [0.2, 0.25) is 0 Å². The summed E-state index contributed by atoms with van der Waals surface area (Å²) >= 11 is 6.69. The molecule has 0 atom stereocenters. The van der Waals surface area contributed by atoms with Crippen molar-refractivity contribution < 1.29 is 4.79 Å². The Labute approximate surface area is 145 Å². The minimum absolute atomic E-state index is 0.0263. The topological polar surface area (TPSA) is 20.3 Å². The normalized spacial score (nSPS) is 16.7. The molecule has 0 spiro atoms. The minimum atomic E-state index is -0.0263. The molecule has 0 unspecified atom stereocenters. The second kappa shape index (κ2) is 7.40. The quantitative estimate of drug-likeness (QED) is 0.598. The van der Waals surface area contributed by atoms with Crippen molar-refractivity contribution in [1.82, 2.24) is 4.90 Å². The van der Waals surface area contributed by atoms with Crippen LogP contribution >= 0.6 is 24.0 Å². The Kier molecular flexibility index (Phi) is 5.05. The predicted molar refractivity (Wildman–Crippen MR) is 101 cm³/mol. The summed E-state index contributed by atoms with van der Waals surface area (Å²) in [5.41, 5.74) is 2.17. The summed E-state index contributed by atoms with van der Waals surface area (Å²) in [6.07, 6.45) is 5.70. The van der Waals surface area contributed by atoms with Crippen molar-refractivity contribution in [3.05, 3.63) is 88.8 Å². The molecule has 23 heavy (non-hydrogen) atoms. The molecule has 4 heteroatoms. The lowest BCUT2D eigenvalue weighted by Gasteiger charge is -2.14. The Hall–Kier alpha value is -2.17. The highest BCUT2D eigenvalue weighted by Gasteiger charge is 2.31. The van der Waals surface area contributed by atoms with Gasteiger partial charge in [-0.05, 0) is 17.2 Å². The van der Waals surface area contributed by atoms with Crippen LogP contribution in [0.4, 0.5) is 0 Å². The molecule has 0 bridgehead atoms. The highest BCUT2D eigenvalue weighted by Crippen LogP contribution is 2.32. The Morgan fingerprint density at radius 3 is 2.35 bits per heavy atom. The van der Waals surface area contributed by atoms with Crippen LogP contribution in [-0.2, 0) is 11.3 Å². The molecular weight excluding hydrogens is 322 g/mol. The molecule has 1 heterocycles. The maximum atomic E-state index is 12.5. The summed E-state index contributed by atoms with van der Waals surface area (Å²) < 4.78 is 0.609. The van der Waals surface area contributed by atoms with Crippen LogP contribution in [0.1, 0.15) is 11.1 Å². The van der Waals surface area contributed by atoms with Gasteiger partial charge in [-0.15, -0.1) is 0 Å². The highest BCUT2D eigenvalue weighted by molar-refractivity contribution is 8.26. The van der Waals surface area contributed by atoms with Crippen LogP contribution in [0, 0.1) is 0 Å². The van der Waals surface area contributed by atoms with E-state index in [9.17, 15) is 4.79 Å². The van der Waals surface area contributed by atoms with Gasteiger partial charge in [0.05, 0.1) is 11.4 Å². The molecular formula is C19H15NOS2. The van der Waals surface area contributed by atoms with Gasteiger partial charge >= 0.3 is 0 Å². The Balaban J connectivity index is 1.71. The molecule has 2 aromatic carbocycles. The van der Waals surface area contributed by atoms with Crippen molar-refractivity contribution >= 4 is 40.3 Å². The van der Waals surface area contributed by atoms with Crippen molar-refractivity contribution in [2.75, 3.05) is 0 Å². The molecule has 2 aromatic rings. The molecule has 0 aromatic heterocycles. The summed E-state index contributed by atoms with van der Waals surface area (Å²) in [4.78, 5) is 14.8. The number of nitrogens with zero attached hydrogens (tertiary/aromatic N) is 1. The van der Waals surface area contributed by atoms with Crippen LogP contribution in [0.25, 0.3) is 6.08 Å². The summed E-state index contributed by atoms with van der Waals surface area (Å²) in [6.45, 7) is 0.519. The lowest BCUT2D eigenvalue weighted by atomic mass is 10.2.